The van der Waals surface area contributed by atoms with Gasteiger partial charge in [0.05, 0.1) is 24.8 Å². The topological polar surface area (TPSA) is 171 Å². The van der Waals surface area contributed by atoms with E-state index in [-0.39, 0.29) is 25.1 Å². The van der Waals surface area contributed by atoms with Gasteiger partial charge in [0, 0.05) is 6.54 Å². The molecule has 3 rings (SSSR count). The Bertz CT molecular complexity index is 1250. The van der Waals surface area contributed by atoms with Crippen LogP contribution in [0.1, 0.15) is 28.0 Å². The van der Waals surface area contributed by atoms with Crippen LogP contribution in [0.25, 0.3) is 0 Å². The second kappa shape index (κ2) is 12.3. The van der Waals surface area contributed by atoms with Crippen molar-refractivity contribution in [2.45, 2.75) is 37.6 Å². The van der Waals surface area contributed by atoms with Gasteiger partial charge in [-0.25, -0.2) is 13.1 Å². The van der Waals surface area contributed by atoms with Crippen molar-refractivity contribution in [3.05, 3.63) is 83.7 Å². The molecule has 1 heterocycles. The summed E-state index contributed by atoms with van der Waals surface area (Å²) in [6.45, 7) is 0.267. The number of rotatable bonds is 12. The van der Waals surface area contributed by atoms with Crippen LogP contribution < -0.4 is 15.4 Å². The van der Waals surface area contributed by atoms with Crippen LogP contribution in [0.15, 0.2) is 71.3 Å². The molecule has 2 amide bonds. The van der Waals surface area contributed by atoms with Crippen LogP contribution in [0, 0.1) is 0 Å². The predicted molar refractivity (Wildman–Crippen MR) is 131 cm³/mol. The molecule has 0 radical (unpaired) electrons. The molecule has 0 aliphatic rings. The van der Waals surface area contributed by atoms with E-state index >= 15 is 0 Å². The Morgan fingerprint density at radius 2 is 1.61 bits per heavy atom. The molecule has 0 fully saturated rings. The number of nitrogens with zero attached hydrogens (tertiary/aromatic N) is 1. The van der Waals surface area contributed by atoms with Crippen LogP contribution in [0.4, 0.5) is 6.01 Å². The van der Waals surface area contributed by atoms with Crippen LogP contribution in [-0.2, 0) is 27.8 Å². The highest BCUT2D eigenvalue weighted by molar-refractivity contribution is 7.91. The zero-order valence-corrected chi connectivity index (χ0v) is 20.3. The molecule has 0 unspecified atom stereocenters. The summed E-state index contributed by atoms with van der Waals surface area (Å²) >= 11 is 0. The first-order valence-electron chi connectivity index (χ1n) is 11.1. The van der Waals surface area contributed by atoms with Gasteiger partial charge in [-0.2, -0.15) is 4.98 Å². The van der Waals surface area contributed by atoms with Crippen LogP contribution in [0.2, 0.25) is 0 Å². The smallest absolute Gasteiger partial charge is 0.309 e. The highest BCUT2D eigenvalue weighted by Gasteiger charge is 2.30. The van der Waals surface area contributed by atoms with Crippen molar-refractivity contribution in [3.8, 4) is 0 Å². The van der Waals surface area contributed by atoms with Gasteiger partial charge in [0.15, 0.2) is 5.69 Å². The lowest BCUT2D eigenvalue weighted by Crippen LogP contribution is -2.50. The summed E-state index contributed by atoms with van der Waals surface area (Å²) in [7, 11) is -3.66. The molecule has 0 spiro atoms. The van der Waals surface area contributed by atoms with E-state index in [1.165, 1.54) is 0 Å². The number of carbonyl (C=O) groups excluding carboxylic acids is 2. The summed E-state index contributed by atoms with van der Waals surface area (Å²) < 4.78 is 29.6. The van der Waals surface area contributed by atoms with Crippen LogP contribution in [0.5, 0.6) is 0 Å². The maximum Gasteiger partial charge on any atom is 0.309 e. The number of sulfonamides is 1. The molecule has 0 saturated heterocycles. The van der Waals surface area contributed by atoms with E-state index in [2.05, 4.69) is 15.6 Å². The number of aliphatic hydroxyl groups excluding tert-OH is 2. The Morgan fingerprint density at radius 1 is 1.00 bits per heavy atom. The Hall–Kier alpha value is -3.74. The van der Waals surface area contributed by atoms with E-state index in [4.69, 9.17) is 4.42 Å². The third-order valence-corrected chi connectivity index (χ3v) is 5.70. The number of amides is 2. The third kappa shape index (κ3) is 8.48. The monoisotopic (exact) mass is 516 g/mol. The molecule has 36 heavy (non-hydrogen) atoms. The van der Waals surface area contributed by atoms with E-state index in [0.717, 1.165) is 23.6 Å². The summed E-state index contributed by atoms with van der Waals surface area (Å²) in [5.74, 6) is -1.23. The number of anilines is 1. The van der Waals surface area contributed by atoms with E-state index < -0.39 is 46.1 Å². The quantitative estimate of drug-likeness (QED) is 0.235. The number of nitrogens with one attached hydrogen (secondary N) is 3. The average Bonchev–Trinajstić information content (AvgIpc) is 3.30. The standard InChI is InChI=1S/C24H28N4O7S/c1-36(33,34)28-24-27-19(15-35-24)23(32)26-18(12-16-8-4-2-5-9-16)22(31)20(29)13-21(30)25-14-17-10-6-3-7-11-17/h2-11,15,18,20,22,29,31H,12-14H2,1H3,(H,25,30)(H,26,32)(H,27,28)/t18-,20+,22+/m0/s1. The number of aromatic nitrogens is 1. The number of oxazole rings is 1. The van der Waals surface area contributed by atoms with Gasteiger partial charge in [0.1, 0.15) is 12.4 Å². The molecule has 3 aromatic rings. The average molecular weight is 517 g/mol. The fourth-order valence-electron chi connectivity index (χ4n) is 3.40. The van der Waals surface area contributed by atoms with Gasteiger partial charge in [-0.15, -0.1) is 0 Å². The second-order valence-electron chi connectivity index (χ2n) is 8.21. The maximum atomic E-state index is 12.8. The second-order valence-corrected chi connectivity index (χ2v) is 9.95. The number of hydrogen-bond acceptors (Lipinski definition) is 8. The van der Waals surface area contributed by atoms with Crippen molar-refractivity contribution in [2.75, 3.05) is 11.0 Å². The Morgan fingerprint density at radius 3 is 2.22 bits per heavy atom. The summed E-state index contributed by atoms with van der Waals surface area (Å²) in [6.07, 6.45) is -1.36. The number of aliphatic hydroxyl groups is 2. The van der Waals surface area contributed by atoms with Gasteiger partial charge in [-0.1, -0.05) is 60.7 Å². The van der Waals surface area contributed by atoms with Crippen molar-refractivity contribution < 1.29 is 32.6 Å². The fourth-order valence-corrected chi connectivity index (χ4v) is 3.81. The van der Waals surface area contributed by atoms with E-state index in [9.17, 15) is 28.2 Å². The Kier molecular flexibility index (Phi) is 9.17. The Balaban J connectivity index is 1.66. The van der Waals surface area contributed by atoms with E-state index in [0.29, 0.717) is 0 Å². The minimum atomic E-state index is -3.66. The summed E-state index contributed by atoms with van der Waals surface area (Å²) in [5.41, 5.74) is 1.41. The molecule has 3 atom stereocenters. The number of carbonyl (C=O) groups is 2. The highest BCUT2D eigenvalue weighted by Crippen LogP contribution is 2.14. The lowest BCUT2D eigenvalue weighted by atomic mass is 9.96. The normalized spacial score (nSPS) is 13.9. The van der Waals surface area contributed by atoms with Gasteiger partial charge < -0.3 is 25.3 Å². The van der Waals surface area contributed by atoms with Gasteiger partial charge in [-0.3, -0.25) is 9.59 Å². The molecule has 5 N–H and O–H groups in total. The molecule has 1 aromatic heterocycles. The van der Waals surface area contributed by atoms with Crippen molar-refractivity contribution >= 4 is 27.9 Å². The van der Waals surface area contributed by atoms with Crippen molar-refractivity contribution in [1.29, 1.82) is 0 Å². The number of benzene rings is 2. The largest absolute Gasteiger partial charge is 0.431 e. The zero-order chi connectivity index (χ0) is 26.1. The first kappa shape index (κ1) is 26.9. The van der Waals surface area contributed by atoms with Crippen molar-refractivity contribution in [2.24, 2.45) is 0 Å². The van der Waals surface area contributed by atoms with Crippen LogP contribution in [-0.4, -0.2) is 59.9 Å². The number of hydrogen-bond donors (Lipinski definition) is 5. The molecule has 12 heteroatoms. The first-order chi connectivity index (χ1) is 17.1. The molecule has 0 saturated carbocycles. The third-order valence-electron chi connectivity index (χ3n) is 5.16. The summed E-state index contributed by atoms with van der Waals surface area (Å²) in [6, 6.07) is 16.8. The lowest BCUT2D eigenvalue weighted by Gasteiger charge is -2.27. The molecule has 0 bridgehead atoms. The molecule has 2 aromatic carbocycles. The lowest BCUT2D eigenvalue weighted by molar-refractivity contribution is -0.125. The first-order valence-corrected chi connectivity index (χ1v) is 12.9. The molecule has 0 aliphatic heterocycles. The molecule has 0 aliphatic carbocycles. The minimum Gasteiger partial charge on any atom is -0.431 e. The Labute approximate surface area is 208 Å². The van der Waals surface area contributed by atoms with E-state index in [1.807, 2.05) is 41.1 Å². The molecular weight excluding hydrogens is 488 g/mol. The van der Waals surface area contributed by atoms with Crippen molar-refractivity contribution in [3.63, 3.8) is 0 Å². The fraction of sp³-hybridized carbons (Fsp3) is 0.292. The summed E-state index contributed by atoms with van der Waals surface area (Å²) in [5, 5.41) is 26.7. The van der Waals surface area contributed by atoms with E-state index in [1.54, 1.807) is 24.3 Å². The van der Waals surface area contributed by atoms with Gasteiger partial charge >= 0.3 is 6.01 Å². The van der Waals surface area contributed by atoms with Gasteiger partial charge in [0.2, 0.25) is 15.9 Å². The zero-order valence-electron chi connectivity index (χ0n) is 19.5. The van der Waals surface area contributed by atoms with Crippen LogP contribution in [0.3, 0.4) is 0 Å². The SMILES string of the molecule is CS(=O)(=O)Nc1nc(C(=O)N[C@@H](Cc2ccccc2)[C@@H](O)[C@H](O)CC(=O)NCc2ccccc2)co1. The minimum absolute atomic E-state index is 0.142. The predicted octanol–water partition coefficient (Wildman–Crippen LogP) is 0.816. The maximum absolute atomic E-state index is 12.8. The molecular formula is C24H28N4O7S. The van der Waals surface area contributed by atoms with Gasteiger partial charge in [-0.05, 0) is 17.5 Å². The van der Waals surface area contributed by atoms with Crippen LogP contribution >= 0.6 is 0 Å². The molecule has 11 nitrogen and oxygen atoms in total. The summed E-state index contributed by atoms with van der Waals surface area (Å²) in [4.78, 5) is 28.9. The highest BCUT2D eigenvalue weighted by atomic mass is 32.2. The van der Waals surface area contributed by atoms with Crippen molar-refractivity contribution in [1.82, 2.24) is 15.6 Å². The molecule has 192 valence electrons. The van der Waals surface area contributed by atoms with Gasteiger partial charge in [0.25, 0.3) is 5.91 Å².